The Balaban J connectivity index is 0.000000137. The van der Waals surface area contributed by atoms with Crippen LogP contribution >= 0.6 is 11.6 Å². The van der Waals surface area contributed by atoms with Gasteiger partial charge in [0.15, 0.2) is 29.1 Å². The molecule has 2 radical (unpaired) electrons. The molecule has 119 heavy (non-hydrogen) atoms. The largest absolute Gasteiger partial charge is 0.457 e. The maximum absolute atomic E-state index is 9.56. The summed E-state index contributed by atoms with van der Waals surface area (Å²) in [7, 11) is 6.35. The highest BCUT2D eigenvalue weighted by Gasteiger charge is 2.48. The van der Waals surface area contributed by atoms with Gasteiger partial charge in [0.25, 0.3) is 0 Å². The Morgan fingerprint density at radius 2 is 0.630 bits per heavy atom. The second-order valence-corrected chi connectivity index (χ2v) is 30.3. The van der Waals surface area contributed by atoms with E-state index in [1.54, 1.807) is 52.0 Å². The van der Waals surface area contributed by atoms with Crippen molar-refractivity contribution < 1.29 is 19.7 Å². The number of para-hydroxylation sites is 4. The Bertz CT molecular complexity index is 6800. The molecule has 0 atom stereocenters. The summed E-state index contributed by atoms with van der Waals surface area (Å²) in [5, 5.41) is 45.8. The van der Waals surface area contributed by atoms with Crippen LogP contribution in [0.2, 0.25) is 5.28 Å². The Kier molecular flexibility index (Phi) is 21.7. The monoisotopic (exact) mass is 1560 g/mol. The number of aromatic nitrogens is 6. The Morgan fingerprint density at radius 3 is 1.05 bits per heavy atom. The number of aliphatic hydroxyl groups is 2. The van der Waals surface area contributed by atoms with Gasteiger partial charge in [-0.2, -0.15) is 20.5 Å². The highest BCUT2D eigenvalue weighted by atomic mass is 35.5. The summed E-state index contributed by atoms with van der Waals surface area (Å²) in [6.45, 7) is 6.31. The van der Waals surface area contributed by atoms with E-state index >= 15 is 0 Å². The van der Waals surface area contributed by atoms with Crippen LogP contribution in [0.3, 0.4) is 0 Å². The van der Waals surface area contributed by atoms with Crippen LogP contribution in [-0.4, -0.2) is 59.2 Å². The van der Waals surface area contributed by atoms with Crippen LogP contribution in [0, 0.1) is 22.7 Å². The van der Waals surface area contributed by atoms with Crippen molar-refractivity contribution in [1.29, 1.82) is 10.5 Å². The summed E-state index contributed by atoms with van der Waals surface area (Å²) in [5.41, 5.74) is 11.6. The van der Waals surface area contributed by atoms with E-state index in [9.17, 15) is 5.26 Å². The van der Waals surface area contributed by atoms with E-state index in [2.05, 4.69) is 259 Å². The zero-order chi connectivity index (χ0) is 81.1. The number of benzene rings is 16. The molecule has 2 aliphatic heterocycles. The number of fused-ring (bicyclic) bond motifs is 10. The summed E-state index contributed by atoms with van der Waals surface area (Å²) in [6, 6.07) is 128. The first-order valence-corrected chi connectivity index (χ1v) is 39.1. The predicted octanol–water partition coefficient (Wildman–Crippen LogP) is 23.7. The third-order valence-electron chi connectivity index (χ3n) is 22.2. The van der Waals surface area contributed by atoms with E-state index in [1.165, 1.54) is 21.9 Å². The molecule has 0 amide bonds. The summed E-state index contributed by atoms with van der Waals surface area (Å²) < 4.78 is 13.3. The average molecular weight is 1560 g/mol. The zero-order valence-electron chi connectivity index (χ0n) is 64.9. The van der Waals surface area contributed by atoms with Gasteiger partial charge in [0.2, 0.25) is 5.28 Å². The molecule has 20 rings (SSSR count). The van der Waals surface area contributed by atoms with Crippen molar-refractivity contribution >= 4 is 68.0 Å². The van der Waals surface area contributed by atoms with E-state index in [1.807, 2.05) is 103 Å². The van der Waals surface area contributed by atoms with Crippen molar-refractivity contribution in [3.63, 3.8) is 0 Å². The molecule has 0 bridgehead atoms. The maximum Gasteiger partial charge on any atom is 0.226 e. The number of rotatable bonds is 10. The van der Waals surface area contributed by atoms with Gasteiger partial charge in [-0.15, -0.1) is 0 Å². The Labute approximate surface area is 697 Å². The lowest BCUT2D eigenvalue weighted by Gasteiger charge is -2.42. The van der Waals surface area contributed by atoms with Crippen molar-refractivity contribution in [2.45, 2.75) is 57.2 Å². The van der Waals surface area contributed by atoms with Gasteiger partial charge < -0.3 is 19.7 Å². The number of hydrogen-bond donors (Lipinski definition) is 2. The van der Waals surface area contributed by atoms with Crippen LogP contribution in [-0.2, 0) is 10.8 Å². The Hall–Kier alpha value is -14.6. The van der Waals surface area contributed by atoms with Crippen LogP contribution in [0.1, 0.15) is 90.8 Å². The molecule has 0 saturated heterocycles. The molecule has 2 aliphatic rings. The lowest BCUT2D eigenvalue weighted by molar-refractivity contribution is -0.107. The minimum atomic E-state index is -1.01. The smallest absolute Gasteiger partial charge is 0.226 e. The summed E-state index contributed by atoms with van der Waals surface area (Å²) in [6.07, 6.45) is 0. The molecule has 2 aromatic heterocycles. The second-order valence-electron chi connectivity index (χ2n) is 30.0. The third kappa shape index (κ3) is 14.8. The van der Waals surface area contributed by atoms with E-state index in [0.717, 1.165) is 111 Å². The van der Waals surface area contributed by atoms with Gasteiger partial charge in [0, 0.05) is 44.5 Å². The summed E-state index contributed by atoms with van der Waals surface area (Å²) in [5.74, 6) is 5.58. The number of halogens is 1. The molecule has 0 unspecified atom stereocenters. The van der Waals surface area contributed by atoms with E-state index < -0.39 is 22.0 Å². The minimum absolute atomic E-state index is 0. The van der Waals surface area contributed by atoms with Crippen molar-refractivity contribution in [1.82, 2.24) is 29.9 Å². The fourth-order valence-corrected chi connectivity index (χ4v) is 16.0. The van der Waals surface area contributed by atoms with Gasteiger partial charge in [-0.25, -0.2) is 19.9 Å². The van der Waals surface area contributed by atoms with Crippen molar-refractivity contribution in [2.75, 3.05) is 0 Å². The van der Waals surface area contributed by atoms with Gasteiger partial charge in [0.05, 0.1) is 50.9 Å². The lowest BCUT2D eigenvalue weighted by atomic mass is 9.63. The Morgan fingerprint density at radius 1 is 0.319 bits per heavy atom. The number of hydrogen-bond acceptors (Lipinski definition) is 12. The summed E-state index contributed by atoms with van der Waals surface area (Å²) >= 11 is 6.26. The van der Waals surface area contributed by atoms with Crippen LogP contribution in [0.15, 0.2) is 364 Å². The standard InChI is InChI=1S/C49H30N4O.C25H17BO.C24H13ClN4.C6H14O2.CH4/c50-31-32-26-28-33(29-27-32)46-51-47(53-48(52-46)41-30-34-14-7-8-19-37(34)38-20-9-10-21-39(38)41)40-22-13-24-43-45(40)54-44-25-12-11-23-42(44)49(43,35-15-3-1-4-16-35)36-17-5-2-6-18-36;26-22-16-9-15-21-24(22)27-23-17-8-7-14-20(23)25(21,18-10-3-1-4-11-18)19-12-5-2-6-13-19;25-24-28-22(16-11-9-15(14-26)10-12-16)27-23(29-24)21-13-17-5-1-2-6-18(17)19-7-3-4-8-20(19)21;1-5(2,7)6(3,4)8;/h1-30H;1-17H;1-13H;7-8H,1-4H3;1H4. The molecular formula is C105H78BClN8O4. The van der Waals surface area contributed by atoms with Gasteiger partial charge in [0.1, 0.15) is 30.8 Å². The van der Waals surface area contributed by atoms with E-state index in [0.29, 0.717) is 51.5 Å². The fraction of sp³-hybridized carbons (Fsp3) is 0.0857. The number of nitrogens with zero attached hydrogens (tertiary/aromatic N) is 8. The number of nitriles is 2. The molecule has 0 spiro atoms. The van der Waals surface area contributed by atoms with Crippen molar-refractivity contribution in [3.8, 4) is 92.1 Å². The van der Waals surface area contributed by atoms with Gasteiger partial charge in [-0.1, -0.05) is 298 Å². The molecule has 0 saturated carbocycles. The molecule has 18 aromatic rings. The van der Waals surface area contributed by atoms with Crippen LogP contribution in [0.4, 0.5) is 0 Å². The van der Waals surface area contributed by atoms with Gasteiger partial charge in [-0.05, 0) is 184 Å². The highest BCUT2D eigenvalue weighted by Crippen LogP contribution is 2.58. The molecule has 14 heteroatoms. The maximum atomic E-state index is 9.56. The first-order chi connectivity index (χ1) is 57.5. The fourth-order valence-electron chi connectivity index (χ4n) is 15.9. The molecular weight excluding hydrogens is 1480 g/mol. The van der Waals surface area contributed by atoms with Crippen molar-refractivity contribution in [2.24, 2.45) is 0 Å². The lowest BCUT2D eigenvalue weighted by Crippen LogP contribution is -2.44. The SMILES string of the molecule is C.CC(C)(O)C(C)(C)O.N#Cc1ccc(-c2nc(-c3cccc4c3Oc3ccccc3C4(c3ccccc3)c3ccccc3)nc(-c3cc4ccccc4c4ccccc34)n2)cc1.N#Cc1ccc(-c2nc(Cl)nc(-c3cc4ccccc4c4ccccc34)n2)cc1.[B]c1cccc2c1Oc1ccccc1C2(c1ccccc1)c1ccccc1. The molecule has 2 N–H and O–H groups in total. The third-order valence-corrected chi connectivity index (χ3v) is 22.4. The molecule has 572 valence electrons. The zero-order valence-corrected chi connectivity index (χ0v) is 65.6. The molecule has 0 fully saturated rings. The molecule has 12 nitrogen and oxygen atoms in total. The van der Waals surface area contributed by atoms with Crippen molar-refractivity contribution in [3.05, 3.63) is 425 Å². The minimum Gasteiger partial charge on any atom is -0.457 e. The average Bonchev–Trinajstić information content (AvgIpc) is 0.707. The second kappa shape index (κ2) is 33.0. The van der Waals surface area contributed by atoms with Crippen LogP contribution in [0.25, 0.3) is 100 Å². The molecule has 4 heterocycles. The number of ether oxygens (including phenoxy) is 2. The van der Waals surface area contributed by atoms with E-state index in [4.69, 9.17) is 64.3 Å². The van der Waals surface area contributed by atoms with Gasteiger partial charge in [-0.3, -0.25) is 0 Å². The van der Waals surface area contributed by atoms with Crippen LogP contribution in [0.5, 0.6) is 23.0 Å². The highest BCUT2D eigenvalue weighted by molar-refractivity contribution is 6.34. The molecule has 0 aliphatic carbocycles. The normalized spacial score (nSPS) is 12.5. The first kappa shape index (κ1) is 78.3. The first-order valence-electron chi connectivity index (χ1n) is 38.8. The van der Waals surface area contributed by atoms with Crippen LogP contribution < -0.4 is 14.9 Å². The van der Waals surface area contributed by atoms with E-state index in [-0.39, 0.29) is 12.7 Å². The topological polar surface area (TPSA) is 184 Å². The quantitative estimate of drug-likeness (QED) is 0.0977. The summed E-state index contributed by atoms with van der Waals surface area (Å²) in [4.78, 5) is 29.0. The predicted molar refractivity (Wildman–Crippen MR) is 479 cm³/mol. The molecule has 16 aromatic carbocycles. The van der Waals surface area contributed by atoms with Gasteiger partial charge >= 0.3 is 0 Å².